The molecule has 3 atom stereocenters. The van der Waals surface area contributed by atoms with Crippen LogP contribution in [-0.2, 0) is 20.9 Å². The van der Waals surface area contributed by atoms with E-state index in [1.165, 1.54) is 28.1 Å². The third-order valence-corrected chi connectivity index (χ3v) is 7.46. The molecule has 0 spiro atoms. The fourth-order valence-electron chi connectivity index (χ4n) is 5.33. The van der Waals surface area contributed by atoms with Gasteiger partial charge in [0, 0.05) is 20.1 Å². The molecule has 11 nitrogen and oxygen atoms in total. The molecule has 2 N–H and O–H groups in total. The van der Waals surface area contributed by atoms with Crippen LogP contribution in [0.1, 0.15) is 36.9 Å². The number of urea groups is 1. The van der Waals surface area contributed by atoms with E-state index in [1.54, 1.807) is 29.1 Å². The van der Waals surface area contributed by atoms with E-state index in [0.717, 1.165) is 5.56 Å². The average molecular weight is 581 g/mol. The van der Waals surface area contributed by atoms with E-state index in [9.17, 15) is 23.6 Å². The third kappa shape index (κ3) is 7.06. The number of hydrazine groups is 1. The molecule has 0 radical (unpaired) electrons. The van der Waals surface area contributed by atoms with Crippen molar-refractivity contribution in [1.82, 2.24) is 30.5 Å². The second-order valence-corrected chi connectivity index (χ2v) is 10.3. The van der Waals surface area contributed by atoms with Gasteiger partial charge in [0.2, 0.25) is 11.8 Å². The molecule has 0 aliphatic carbocycles. The highest BCUT2D eigenvalue weighted by molar-refractivity contribution is 5.91. The van der Waals surface area contributed by atoms with Crippen LogP contribution in [0.15, 0.2) is 67.3 Å². The Morgan fingerprint density at radius 1 is 1.12 bits per heavy atom. The third-order valence-electron chi connectivity index (χ3n) is 7.46. The Hall–Kier alpha value is -4.45. The number of carbonyl (C=O) groups excluding carboxylic acids is 4. The van der Waals surface area contributed by atoms with E-state index in [1.807, 2.05) is 37.3 Å². The Morgan fingerprint density at radius 2 is 1.83 bits per heavy atom. The molecule has 2 fully saturated rings. The summed E-state index contributed by atoms with van der Waals surface area (Å²) in [5.74, 6) is -0.861. The van der Waals surface area contributed by atoms with Crippen molar-refractivity contribution in [2.45, 2.75) is 44.6 Å². The molecule has 12 heteroatoms. The zero-order chi connectivity index (χ0) is 30.2. The van der Waals surface area contributed by atoms with E-state index in [4.69, 9.17) is 4.74 Å². The minimum absolute atomic E-state index is 0.0792. The number of nitrogens with zero attached hydrogens (tertiary/aromatic N) is 4. The topological polar surface area (TPSA) is 115 Å². The highest BCUT2D eigenvalue weighted by Gasteiger charge is 2.51. The Kier molecular flexibility index (Phi) is 10.1. The molecule has 4 rings (SSSR count). The number of likely N-dealkylation sites (N-methyl/N-ethyl adjacent to an activating group) is 1. The first-order valence-corrected chi connectivity index (χ1v) is 13.9. The minimum atomic E-state index is -0.838. The molecule has 2 aromatic rings. The summed E-state index contributed by atoms with van der Waals surface area (Å²) in [4.78, 5) is 56.0. The van der Waals surface area contributed by atoms with Crippen molar-refractivity contribution in [3.05, 3.63) is 84.2 Å². The molecule has 2 aliphatic rings. The number of fused-ring (bicyclic) bond motifs is 1. The number of ether oxygens (including phenoxy) is 1. The van der Waals surface area contributed by atoms with Crippen molar-refractivity contribution in [2.24, 2.45) is 0 Å². The molecule has 0 saturated carbocycles. The summed E-state index contributed by atoms with van der Waals surface area (Å²) in [6.07, 6.45) is 0.778. The maximum atomic E-state index is 14.0. The standard InChI is InChI=1S/C30H37FN6O5/c1-4-17-42-30(41)32-16-8-11-25-28(39)35(21(2)23-9-6-5-7-10-23)19-26-36(25)27(38)20-34(3)37(26)29(40)33-18-22-12-14-24(31)15-13-22/h4-7,9-10,12-15,21,25-26H,1,8,11,16-20H2,2-3H3,(H,32,41)(H,33,40)/t21?,25-,26?/m0/s1. The van der Waals surface area contributed by atoms with Gasteiger partial charge >= 0.3 is 12.1 Å². The Morgan fingerprint density at radius 3 is 2.52 bits per heavy atom. The molecular formula is C30H37FN6O5. The smallest absolute Gasteiger partial charge is 0.407 e. The van der Waals surface area contributed by atoms with Crippen LogP contribution in [0.2, 0.25) is 0 Å². The van der Waals surface area contributed by atoms with Gasteiger partial charge < -0.3 is 25.2 Å². The first-order chi connectivity index (χ1) is 20.2. The predicted molar refractivity (Wildman–Crippen MR) is 153 cm³/mol. The molecule has 224 valence electrons. The second-order valence-electron chi connectivity index (χ2n) is 10.3. The average Bonchev–Trinajstić information content (AvgIpc) is 2.98. The zero-order valence-corrected chi connectivity index (χ0v) is 23.9. The second kappa shape index (κ2) is 13.9. The maximum Gasteiger partial charge on any atom is 0.407 e. The number of piperazine rings is 1. The van der Waals surface area contributed by atoms with Crippen LogP contribution in [0.25, 0.3) is 0 Å². The number of amides is 5. The molecule has 2 unspecified atom stereocenters. The monoisotopic (exact) mass is 580 g/mol. The first kappa shape index (κ1) is 30.5. The molecule has 42 heavy (non-hydrogen) atoms. The van der Waals surface area contributed by atoms with Gasteiger partial charge in [-0.3, -0.25) is 9.59 Å². The zero-order valence-electron chi connectivity index (χ0n) is 23.9. The van der Waals surface area contributed by atoms with E-state index in [2.05, 4.69) is 17.2 Å². The van der Waals surface area contributed by atoms with Gasteiger partial charge in [0.15, 0.2) is 0 Å². The normalized spacial score (nSPS) is 19.6. The molecule has 2 aromatic carbocycles. The SMILES string of the molecule is C=CCOC(=O)NCCC[C@H]1C(=O)N(C(C)c2ccccc2)CC2N1C(=O)CN(C)N2C(=O)NCc1ccc(F)cc1. The Balaban J connectivity index is 1.56. The van der Waals surface area contributed by atoms with Gasteiger partial charge in [0.25, 0.3) is 0 Å². The largest absolute Gasteiger partial charge is 0.445 e. The lowest BCUT2D eigenvalue weighted by atomic mass is 9.98. The molecule has 2 heterocycles. The number of hydrogen-bond acceptors (Lipinski definition) is 6. The van der Waals surface area contributed by atoms with Crippen molar-refractivity contribution < 1.29 is 28.3 Å². The highest BCUT2D eigenvalue weighted by atomic mass is 19.1. The molecule has 5 amide bonds. The quantitative estimate of drug-likeness (QED) is 0.330. The van der Waals surface area contributed by atoms with Crippen molar-refractivity contribution in [3.8, 4) is 0 Å². The summed E-state index contributed by atoms with van der Waals surface area (Å²) in [5, 5.41) is 8.53. The number of alkyl carbamates (subject to hydrolysis) is 1. The number of nitrogens with one attached hydrogen (secondary N) is 2. The first-order valence-electron chi connectivity index (χ1n) is 13.9. The summed E-state index contributed by atoms with van der Waals surface area (Å²) in [5.41, 5.74) is 1.64. The summed E-state index contributed by atoms with van der Waals surface area (Å²) in [6, 6.07) is 13.8. The van der Waals surface area contributed by atoms with Gasteiger partial charge in [0.1, 0.15) is 24.6 Å². The van der Waals surface area contributed by atoms with Crippen LogP contribution in [0.4, 0.5) is 14.0 Å². The highest BCUT2D eigenvalue weighted by Crippen LogP contribution is 2.32. The van der Waals surface area contributed by atoms with Gasteiger partial charge in [0.05, 0.1) is 19.1 Å². The van der Waals surface area contributed by atoms with Crippen molar-refractivity contribution in [3.63, 3.8) is 0 Å². The van der Waals surface area contributed by atoms with E-state index in [0.29, 0.717) is 12.0 Å². The van der Waals surface area contributed by atoms with Crippen LogP contribution in [0, 0.1) is 5.82 Å². The van der Waals surface area contributed by atoms with E-state index >= 15 is 0 Å². The fourth-order valence-corrected chi connectivity index (χ4v) is 5.33. The lowest BCUT2D eigenvalue weighted by molar-refractivity contribution is -0.189. The number of rotatable bonds is 10. The lowest BCUT2D eigenvalue weighted by Crippen LogP contribution is -2.76. The molecule has 2 saturated heterocycles. The Bertz CT molecular complexity index is 1280. The van der Waals surface area contributed by atoms with Gasteiger partial charge in [-0.15, -0.1) is 0 Å². The maximum absolute atomic E-state index is 14.0. The van der Waals surface area contributed by atoms with Crippen LogP contribution in [0.3, 0.4) is 0 Å². The van der Waals surface area contributed by atoms with Gasteiger partial charge in [-0.1, -0.05) is 55.1 Å². The van der Waals surface area contributed by atoms with Crippen LogP contribution >= 0.6 is 0 Å². The predicted octanol–water partition coefficient (Wildman–Crippen LogP) is 3.02. The molecular weight excluding hydrogens is 543 g/mol. The Labute approximate surface area is 244 Å². The van der Waals surface area contributed by atoms with Crippen LogP contribution < -0.4 is 10.6 Å². The summed E-state index contributed by atoms with van der Waals surface area (Å²) < 4.78 is 18.3. The summed E-state index contributed by atoms with van der Waals surface area (Å²) in [6.45, 7) is 5.92. The summed E-state index contributed by atoms with van der Waals surface area (Å²) >= 11 is 0. The summed E-state index contributed by atoms with van der Waals surface area (Å²) in [7, 11) is 1.65. The number of carbonyl (C=O) groups is 4. The fraction of sp³-hybridized carbons (Fsp3) is 0.400. The van der Waals surface area contributed by atoms with Gasteiger partial charge in [-0.25, -0.2) is 24.0 Å². The minimum Gasteiger partial charge on any atom is -0.445 e. The van der Waals surface area contributed by atoms with Crippen molar-refractivity contribution in [2.75, 3.05) is 33.3 Å². The van der Waals surface area contributed by atoms with Crippen molar-refractivity contribution in [1.29, 1.82) is 0 Å². The molecule has 2 aliphatic heterocycles. The lowest BCUT2D eigenvalue weighted by Gasteiger charge is -2.55. The van der Waals surface area contributed by atoms with Gasteiger partial charge in [-0.2, -0.15) is 0 Å². The number of hydrogen-bond donors (Lipinski definition) is 2. The van der Waals surface area contributed by atoms with Crippen LogP contribution in [0.5, 0.6) is 0 Å². The van der Waals surface area contributed by atoms with E-state index < -0.39 is 24.3 Å². The van der Waals surface area contributed by atoms with E-state index in [-0.39, 0.29) is 62.9 Å². The number of halogens is 1. The van der Waals surface area contributed by atoms with Crippen LogP contribution in [-0.4, -0.2) is 89.3 Å². The molecule has 0 bridgehead atoms. The molecule has 0 aromatic heterocycles. The number of benzene rings is 2. The van der Waals surface area contributed by atoms with Crippen molar-refractivity contribution >= 4 is 23.9 Å². The van der Waals surface area contributed by atoms with Gasteiger partial charge in [-0.05, 0) is 43.0 Å².